The molecule has 2 aromatic rings. The van der Waals surface area contributed by atoms with Crippen molar-refractivity contribution in [2.24, 2.45) is 7.05 Å². The predicted octanol–water partition coefficient (Wildman–Crippen LogP) is 2.68. The first-order valence-electron chi connectivity index (χ1n) is 5.35. The van der Waals surface area contributed by atoms with Gasteiger partial charge in [-0.3, -0.25) is 0 Å². The Labute approximate surface area is 96.4 Å². The van der Waals surface area contributed by atoms with Crippen molar-refractivity contribution in [3.63, 3.8) is 0 Å². The Morgan fingerprint density at radius 1 is 1.25 bits per heavy atom. The van der Waals surface area contributed by atoms with Crippen molar-refractivity contribution in [1.82, 2.24) is 9.55 Å². The standard InChI is InChI=1S/C7H8O.C6H10N2/c1-6-2-4-7(8)5-3-6;1-3-6-7-4-5-8(6)2/h2-5,8H,1H3;4-5H,3H2,1-2H3. The lowest BCUT2D eigenvalue weighted by Gasteiger charge is -1.92. The van der Waals surface area contributed by atoms with Crippen LogP contribution in [0.25, 0.3) is 0 Å². The van der Waals surface area contributed by atoms with Crippen LogP contribution < -0.4 is 0 Å². The van der Waals surface area contributed by atoms with Gasteiger partial charge in [0.25, 0.3) is 0 Å². The summed E-state index contributed by atoms with van der Waals surface area (Å²) in [5, 5.41) is 8.76. The number of rotatable bonds is 1. The lowest BCUT2D eigenvalue weighted by Crippen LogP contribution is -1.92. The third kappa shape index (κ3) is 3.77. The molecule has 3 heteroatoms. The van der Waals surface area contributed by atoms with Gasteiger partial charge < -0.3 is 9.67 Å². The highest BCUT2D eigenvalue weighted by Gasteiger charge is 1.90. The zero-order valence-electron chi connectivity index (χ0n) is 10.0. The van der Waals surface area contributed by atoms with Crippen LogP contribution in [0.1, 0.15) is 18.3 Å². The number of hydrogen-bond donors (Lipinski definition) is 1. The van der Waals surface area contributed by atoms with Gasteiger partial charge in [0.1, 0.15) is 11.6 Å². The second kappa shape index (κ2) is 5.95. The highest BCUT2D eigenvalue weighted by Crippen LogP contribution is 2.07. The Kier molecular flexibility index (Phi) is 4.58. The Hall–Kier alpha value is -1.77. The topological polar surface area (TPSA) is 38.0 Å². The maximum absolute atomic E-state index is 8.76. The number of aromatic nitrogens is 2. The summed E-state index contributed by atoms with van der Waals surface area (Å²) in [5.74, 6) is 1.47. The maximum Gasteiger partial charge on any atom is 0.115 e. The summed E-state index contributed by atoms with van der Waals surface area (Å²) in [6.45, 7) is 4.09. The number of aryl methyl sites for hydroxylation is 3. The quantitative estimate of drug-likeness (QED) is 0.799. The number of benzene rings is 1. The van der Waals surface area contributed by atoms with Crippen LogP contribution in [0.15, 0.2) is 36.7 Å². The van der Waals surface area contributed by atoms with Crippen molar-refractivity contribution in [1.29, 1.82) is 0 Å². The van der Waals surface area contributed by atoms with Crippen molar-refractivity contribution >= 4 is 0 Å². The van der Waals surface area contributed by atoms with Gasteiger partial charge in [-0.05, 0) is 19.1 Å². The molecule has 1 N–H and O–H groups in total. The molecule has 0 fully saturated rings. The fourth-order valence-electron chi connectivity index (χ4n) is 1.28. The molecule has 0 aliphatic carbocycles. The number of aromatic hydroxyl groups is 1. The zero-order valence-corrected chi connectivity index (χ0v) is 10.0. The molecular formula is C13H18N2O. The third-order valence-electron chi connectivity index (χ3n) is 2.27. The van der Waals surface area contributed by atoms with Crippen LogP contribution in [-0.2, 0) is 13.5 Å². The van der Waals surface area contributed by atoms with Gasteiger partial charge in [0, 0.05) is 25.9 Å². The van der Waals surface area contributed by atoms with E-state index in [4.69, 9.17) is 5.11 Å². The Balaban J connectivity index is 0.000000160. The molecule has 0 saturated carbocycles. The molecule has 1 aromatic carbocycles. The van der Waals surface area contributed by atoms with Gasteiger partial charge in [-0.15, -0.1) is 0 Å². The summed E-state index contributed by atoms with van der Waals surface area (Å²) < 4.78 is 2.03. The maximum atomic E-state index is 8.76. The van der Waals surface area contributed by atoms with Gasteiger partial charge >= 0.3 is 0 Å². The molecule has 0 aliphatic rings. The minimum Gasteiger partial charge on any atom is -0.508 e. The van der Waals surface area contributed by atoms with Gasteiger partial charge in [-0.25, -0.2) is 4.98 Å². The summed E-state index contributed by atoms with van der Waals surface area (Å²) in [7, 11) is 2.01. The lowest BCUT2D eigenvalue weighted by atomic mass is 10.2. The molecule has 0 aliphatic heterocycles. The highest BCUT2D eigenvalue weighted by atomic mass is 16.3. The van der Waals surface area contributed by atoms with Crippen LogP contribution in [0.3, 0.4) is 0 Å². The fourth-order valence-corrected chi connectivity index (χ4v) is 1.28. The second-order valence-corrected chi connectivity index (χ2v) is 3.64. The summed E-state index contributed by atoms with van der Waals surface area (Å²) in [4.78, 5) is 4.10. The van der Waals surface area contributed by atoms with E-state index in [1.807, 2.05) is 43.1 Å². The van der Waals surface area contributed by atoms with E-state index in [2.05, 4.69) is 11.9 Å². The van der Waals surface area contributed by atoms with Crippen LogP contribution in [0.4, 0.5) is 0 Å². The summed E-state index contributed by atoms with van der Waals surface area (Å²) in [6, 6.07) is 7.09. The summed E-state index contributed by atoms with van der Waals surface area (Å²) >= 11 is 0. The van der Waals surface area contributed by atoms with Crippen LogP contribution in [0.2, 0.25) is 0 Å². The van der Waals surface area contributed by atoms with E-state index in [9.17, 15) is 0 Å². The molecule has 2 rings (SSSR count). The van der Waals surface area contributed by atoms with Crippen molar-refractivity contribution in [3.8, 4) is 5.75 Å². The first-order valence-corrected chi connectivity index (χ1v) is 5.35. The molecule has 0 amide bonds. The highest BCUT2D eigenvalue weighted by molar-refractivity contribution is 5.24. The average molecular weight is 218 g/mol. The molecule has 0 bridgehead atoms. The molecule has 1 heterocycles. The average Bonchev–Trinajstić information content (AvgIpc) is 2.69. The molecule has 0 spiro atoms. The molecule has 16 heavy (non-hydrogen) atoms. The number of hydrogen-bond acceptors (Lipinski definition) is 2. The van der Waals surface area contributed by atoms with E-state index in [1.54, 1.807) is 12.1 Å². The molecule has 0 unspecified atom stereocenters. The van der Waals surface area contributed by atoms with E-state index in [1.165, 1.54) is 5.56 Å². The third-order valence-corrected chi connectivity index (χ3v) is 2.27. The van der Waals surface area contributed by atoms with Gasteiger partial charge in [0.15, 0.2) is 0 Å². The lowest BCUT2D eigenvalue weighted by molar-refractivity contribution is 0.475. The Morgan fingerprint density at radius 2 is 1.88 bits per heavy atom. The van der Waals surface area contributed by atoms with Crippen molar-refractivity contribution < 1.29 is 5.11 Å². The fraction of sp³-hybridized carbons (Fsp3) is 0.308. The molecule has 0 saturated heterocycles. The molecule has 3 nitrogen and oxygen atoms in total. The van der Waals surface area contributed by atoms with Crippen molar-refractivity contribution in [2.45, 2.75) is 20.3 Å². The van der Waals surface area contributed by atoms with E-state index < -0.39 is 0 Å². The van der Waals surface area contributed by atoms with Crippen LogP contribution in [-0.4, -0.2) is 14.7 Å². The Bertz CT molecular complexity index is 397. The first-order chi connectivity index (χ1) is 7.63. The zero-order chi connectivity index (χ0) is 12.0. The van der Waals surface area contributed by atoms with E-state index in [-0.39, 0.29) is 0 Å². The summed E-state index contributed by atoms with van der Waals surface area (Å²) in [6.07, 6.45) is 4.79. The number of phenols is 1. The normalized spacial score (nSPS) is 9.44. The van der Waals surface area contributed by atoms with Crippen LogP contribution in [0, 0.1) is 6.92 Å². The smallest absolute Gasteiger partial charge is 0.115 e. The molecule has 0 atom stereocenters. The van der Waals surface area contributed by atoms with Crippen LogP contribution >= 0.6 is 0 Å². The summed E-state index contributed by atoms with van der Waals surface area (Å²) in [5.41, 5.74) is 1.17. The van der Waals surface area contributed by atoms with E-state index in [0.717, 1.165) is 12.2 Å². The monoisotopic (exact) mass is 218 g/mol. The van der Waals surface area contributed by atoms with Gasteiger partial charge in [-0.2, -0.15) is 0 Å². The predicted molar refractivity (Wildman–Crippen MR) is 65.4 cm³/mol. The Morgan fingerprint density at radius 3 is 2.19 bits per heavy atom. The van der Waals surface area contributed by atoms with Gasteiger partial charge in [0.2, 0.25) is 0 Å². The SMILES string of the molecule is CCc1nccn1C.Cc1ccc(O)cc1. The number of nitrogens with zero attached hydrogens (tertiary/aromatic N) is 2. The first kappa shape index (κ1) is 12.3. The van der Waals surface area contributed by atoms with E-state index >= 15 is 0 Å². The van der Waals surface area contributed by atoms with Crippen molar-refractivity contribution in [2.75, 3.05) is 0 Å². The molecule has 86 valence electrons. The number of phenolic OH excluding ortho intramolecular Hbond substituents is 1. The number of imidazole rings is 1. The van der Waals surface area contributed by atoms with Crippen molar-refractivity contribution in [3.05, 3.63) is 48.0 Å². The molecular weight excluding hydrogens is 200 g/mol. The van der Waals surface area contributed by atoms with Gasteiger partial charge in [-0.1, -0.05) is 24.6 Å². The van der Waals surface area contributed by atoms with Gasteiger partial charge in [0.05, 0.1) is 0 Å². The largest absolute Gasteiger partial charge is 0.508 e. The van der Waals surface area contributed by atoms with Crippen LogP contribution in [0.5, 0.6) is 5.75 Å². The minimum atomic E-state index is 0.329. The minimum absolute atomic E-state index is 0.329. The second-order valence-electron chi connectivity index (χ2n) is 3.64. The van der Waals surface area contributed by atoms with E-state index in [0.29, 0.717) is 5.75 Å². The molecule has 1 aromatic heterocycles. The molecule has 0 radical (unpaired) electrons.